The van der Waals surface area contributed by atoms with Gasteiger partial charge in [0.1, 0.15) is 5.82 Å². The molecule has 3 rings (SSSR count). The second-order valence-electron chi connectivity index (χ2n) is 7.76. The molecule has 3 aromatic rings. The first-order valence-corrected chi connectivity index (χ1v) is 13.1. The molecule has 0 amide bonds. The normalized spacial score (nSPS) is 13.5. The number of aromatic nitrogens is 2. The molecule has 2 atom stereocenters. The van der Waals surface area contributed by atoms with E-state index < -0.39 is 0 Å². The fourth-order valence-electron chi connectivity index (χ4n) is 3.14. The zero-order chi connectivity index (χ0) is 24.3. The van der Waals surface area contributed by atoms with E-state index in [4.69, 9.17) is 14.5 Å². The van der Waals surface area contributed by atoms with Gasteiger partial charge in [0.25, 0.3) is 5.56 Å². The molecule has 2 aromatic carbocycles. The van der Waals surface area contributed by atoms with E-state index in [0.717, 1.165) is 31.8 Å². The quantitative estimate of drug-likeness (QED) is 0.242. The summed E-state index contributed by atoms with van der Waals surface area (Å²) in [6, 6.07) is 7.32. The van der Waals surface area contributed by atoms with Crippen molar-refractivity contribution >= 4 is 64.9 Å². The molecule has 0 saturated carbocycles. The van der Waals surface area contributed by atoms with E-state index in [1.165, 1.54) is 4.68 Å². The van der Waals surface area contributed by atoms with Gasteiger partial charge in [-0.05, 0) is 75.9 Å². The van der Waals surface area contributed by atoms with Crippen LogP contribution < -0.4 is 15.0 Å². The third-order valence-electron chi connectivity index (χ3n) is 5.47. The van der Waals surface area contributed by atoms with Crippen molar-refractivity contribution in [3.8, 4) is 11.5 Å². The lowest BCUT2D eigenvalue weighted by molar-refractivity contribution is 0.206. The molecular weight excluding hydrogens is 618 g/mol. The van der Waals surface area contributed by atoms with Crippen molar-refractivity contribution in [2.75, 3.05) is 7.11 Å². The standard InChI is InChI=1S/C24H26Br3N3O3/c1-6-13(3)23-29-18-9-8-16(25)11-17(18)24(31)30(23)28-12-15-10-19(32-5)22(21(27)20(15)26)33-14(4)7-2/h8-14H,6-7H2,1-5H3/t13-,14-/m1/s1. The highest BCUT2D eigenvalue weighted by molar-refractivity contribution is 9.13. The first-order chi connectivity index (χ1) is 15.7. The highest BCUT2D eigenvalue weighted by atomic mass is 79.9. The number of benzene rings is 2. The summed E-state index contributed by atoms with van der Waals surface area (Å²) in [6.45, 7) is 8.16. The van der Waals surface area contributed by atoms with Gasteiger partial charge in [0.2, 0.25) is 0 Å². The molecule has 0 bridgehead atoms. The molecule has 0 spiro atoms. The molecule has 0 unspecified atom stereocenters. The van der Waals surface area contributed by atoms with E-state index in [0.29, 0.717) is 28.2 Å². The number of hydrogen-bond donors (Lipinski definition) is 0. The van der Waals surface area contributed by atoms with Gasteiger partial charge in [0.05, 0.1) is 34.8 Å². The number of halogens is 3. The first-order valence-electron chi connectivity index (χ1n) is 10.7. The predicted octanol–water partition coefficient (Wildman–Crippen LogP) is 7.27. The fraction of sp³-hybridized carbons (Fsp3) is 0.375. The molecule has 0 aliphatic rings. The van der Waals surface area contributed by atoms with Crippen LogP contribution in [0.4, 0.5) is 0 Å². The minimum atomic E-state index is -0.216. The maximum absolute atomic E-state index is 13.3. The average molecular weight is 644 g/mol. The van der Waals surface area contributed by atoms with Gasteiger partial charge < -0.3 is 9.47 Å². The summed E-state index contributed by atoms with van der Waals surface area (Å²) in [4.78, 5) is 18.1. The van der Waals surface area contributed by atoms with Crippen molar-refractivity contribution in [1.29, 1.82) is 0 Å². The van der Waals surface area contributed by atoms with Crippen LogP contribution in [0.3, 0.4) is 0 Å². The van der Waals surface area contributed by atoms with E-state index in [-0.39, 0.29) is 17.6 Å². The lowest BCUT2D eigenvalue weighted by Crippen LogP contribution is -2.23. The maximum Gasteiger partial charge on any atom is 0.282 e. The van der Waals surface area contributed by atoms with Gasteiger partial charge in [-0.3, -0.25) is 4.79 Å². The van der Waals surface area contributed by atoms with Crippen molar-refractivity contribution < 1.29 is 9.47 Å². The van der Waals surface area contributed by atoms with Crippen LogP contribution in [0.25, 0.3) is 10.9 Å². The summed E-state index contributed by atoms with van der Waals surface area (Å²) in [5.74, 6) is 1.86. The Balaban J connectivity index is 2.16. The Morgan fingerprint density at radius 2 is 1.85 bits per heavy atom. The van der Waals surface area contributed by atoms with Crippen molar-refractivity contribution in [3.63, 3.8) is 0 Å². The van der Waals surface area contributed by atoms with E-state index in [9.17, 15) is 4.79 Å². The molecule has 0 aliphatic carbocycles. The number of hydrogen-bond acceptors (Lipinski definition) is 5. The van der Waals surface area contributed by atoms with Crippen molar-refractivity contribution in [2.24, 2.45) is 5.10 Å². The van der Waals surface area contributed by atoms with Crippen LogP contribution in [0.1, 0.15) is 57.8 Å². The van der Waals surface area contributed by atoms with Gasteiger partial charge in [-0.15, -0.1) is 0 Å². The van der Waals surface area contributed by atoms with Gasteiger partial charge in [0, 0.05) is 20.4 Å². The Labute approximate surface area is 218 Å². The molecule has 6 nitrogen and oxygen atoms in total. The van der Waals surface area contributed by atoms with Crippen LogP contribution in [0.2, 0.25) is 0 Å². The van der Waals surface area contributed by atoms with Gasteiger partial charge in [-0.2, -0.15) is 9.78 Å². The van der Waals surface area contributed by atoms with E-state index in [1.807, 2.05) is 32.0 Å². The summed E-state index contributed by atoms with van der Waals surface area (Å²) in [5, 5.41) is 5.07. The Kier molecular flexibility index (Phi) is 8.75. The summed E-state index contributed by atoms with van der Waals surface area (Å²) in [5.41, 5.74) is 1.17. The number of ether oxygens (including phenoxy) is 2. The fourth-order valence-corrected chi connectivity index (χ4v) is 4.42. The van der Waals surface area contributed by atoms with Crippen molar-refractivity contribution in [2.45, 2.75) is 52.6 Å². The Bertz CT molecular complexity index is 1260. The predicted molar refractivity (Wildman–Crippen MR) is 144 cm³/mol. The van der Waals surface area contributed by atoms with E-state index >= 15 is 0 Å². The lowest BCUT2D eigenvalue weighted by Gasteiger charge is -2.19. The minimum Gasteiger partial charge on any atom is -0.493 e. The Hall–Kier alpha value is -1.71. The molecule has 0 fully saturated rings. The van der Waals surface area contributed by atoms with Crippen molar-refractivity contribution in [3.05, 3.63) is 59.4 Å². The lowest BCUT2D eigenvalue weighted by atomic mass is 10.1. The molecule has 0 saturated heterocycles. The van der Waals surface area contributed by atoms with Crippen molar-refractivity contribution in [1.82, 2.24) is 9.66 Å². The van der Waals surface area contributed by atoms with Gasteiger partial charge in [-0.25, -0.2) is 4.98 Å². The summed E-state index contributed by atoms with van der Waals surface area (Å²) in [7, 11) is 1.59. The molecule has 0 aliphatic heterocycles. The number of fused-ring (bicyclic) bond motifs is 1. The van der Waals surface area contributed by atoms with Crippen LogP contribution in [0.5, 0.6) is 11.5 Å². The minimum absolute atomic E-state index is 0.0290. The first kappa shape index (κ1) is 25.9. The van der Waals surface area contributed by atoms with E-state index in [2.05, 4.69) is 66.7 Å². The summed E-state index contributed by atoms with van der Waals surface area (Å²) in [6.07, 6.45) is 3.35. The second kappa shape index (κ2) is 11.1. The Morgan fingerprint density at radius 1 is 1.12 bits per heavy atom. The molecule has 0 radical (unpaired) electrons. The van der Waals surface area contributed by atoms with Crippen LogP contribution in [-0.2, 0) is 0 Å². The monoisotopic (exact) mass is 641 g/mol. The SMILES string of the molecule is CC[C@@H](C)Oc1c(OC)cc(C=Nn2c([C@H](C)CC)nc3ccc(Br)cc3c2=O)c(Br)c1Br. The largest absolute Gasteiger partial charge is 0.493 e. The van der Waals surface area contributed by atoms with Gasteiger partial charge in [0.15, 0.2) is 11.5 Å². The third-order valence-corrected chi connectivity index (χ3v) is 8.10. The second-order valence-corrected chi connectivity index (χ2v) is 10.3. The average Bonchev–Trinajstić information content (AvgIpc) is 2.81. The smallest absolute Gasteiger partial charge is 0.282 e. The summed E-state index contributed by atoms with van der Waals surface area (Å²) < 4.78 is 15.3. The van der Waals surface area contributed by atoms with Gasteiger partial charge >= 0.3 is 0 Å². The van der Waals surface area contributed by atoms with E-state index in [1.54, 1.807) is 19.4 Å². The Morgan fingerprint density at radius 3 is 2.48 bits per heavy atom. The highest BCUT2D eigenvalue weighted by Gasteiger charge is 2.19. The third kappa shape index (κ3) is 5.52. The number of methoxy groups -OCH3 is 1. The molecule has 33 heavy (non-hydrogen) atoms. The number of rotatable bonds is 8. The number of nitrogens with zero attached hydrogens (tertiary/aromatic N) is 3. The van der Waals surface area contributed by atoms with Crippen LogP contribution in [-0.4, -0.2) is 29.1 Å². The zero-order valence-corrected chi connectivity index (χ0v) is 23.9. The summed E-state index contributed by atoms with van der Waals surface area (Å²) >= 11 is 10.7. The molecule has 9 heteroatoms. The molecule has 1 aromatic heterocycles. The zero-order valence-electron chi connectivity index (χ0n) is 19.2. The maximum atomic E-state index is 13.3. The van der Waals surface area contributed by atoms with Gasteiger partial charge in [-0.1, -0.05) is 36.7 Å². The van der Waals surface area contributed by atoms with Crippen LogP contribution >= 0.6 is 47.8 Å². The molecule has 0 N–H and O–H groups in total. The molecular formula is C24H26Br3N3O3. The molecule has 176 valence electrons. The van der Waals surface area contributed by atoms with Crippen LogP contribution in [0, 0.1) is 0 Å². The molecule has 1 heterocycles. The van der Waals surface area contributed by atoms with Crippen LogP contribution in [0.15, 0.2) is 47.6 Å². The highest BCUT2D eigenvalue weighted by Crippen LogP contribution is 2.43. The topological polar surface area (TPSA) is 65.7 Å².